The van der Waals surface area contributed by atoms with Crippen molar-refractivity contribution in [2.75, 3.05) is 18.9 Å². The highest BCUT2D eigenvalue weighted by Crippen LogP contribution is 2.55. The summed E-state index contributed by atoms with van der Waals surface area (Å²) in [7, 11) is 0. The predicted molar refractivity (Wildman–Crippen MR) is 87.7 cm³/mol. The van der Waals surface area contributed by atoms with Crippen molar-refractivity contribution in [2.24, 2.45) is 5.92 Å². The van der Waals surface area contributed by atoms with Gasteiger partial charge in [-0.3, -0.25) is 0 Å². The molecule has 3 aliphatic rings. The van der Waals surface area contributed by atoms with Gasteiger partial charge in [0.25, 0.3) is 0 Å². The van der Waals surface area contributed by atoms with Gasteiger partial charge in [0.1, 0.15) is 0 Å². The third-order valence-corrected chi connectivity index (χ3v) is 6.40. The smallest absolute Gasteiger partial charge is 0.168 e. The molecular weight excluding hydrogens is 274 g/mol. The largest absolute Gasteiger partial charge is 0.399 e. The van der Waals surface area contributed by atoms with Gasteiger partial charge >= 0.3 is 0 Å². The number of hydrogen-bond donors (Lipinski definition) is 1. The van der Waals surface area contributed by atoms with E-state index in [0.29, 0.717) is 11.3 Å². The highest BCUT2D eigenvalue weighted by Gasteiger charge is 2.52. The van der Waals surface area contributed by atoms with Crippen molar-refractivity contribution >= 4 is 5.69 Å². The van der Waals surface area contributed by atoms with E-state index in [0.717, 1.165) is 38.2 Å². The minimum Gasteiger partial charge on any atom is -0.399 e. The number of benzene rings is 1. The van der Waals surface area contributed by atoms with Gasteiger partial charge in [-0.05, 0) is 66.7 Å². The van der Waals surface area contributed by atoms with Crippen LogP contribution in [-0.4, -0.2) is 19.0 Å². The highest BCUT2D eigenvalue weighted by atomic mass is 16.7. The number of nitrogens with two attached hydrogens (primary N) is 1. The van der Waals surface area contributed by atoms with Crippen molar-refractivity contribution in [1.82, 2.24) is 0 Å². The Balaban J connectivity index is 1.75. The summed E-state index contributed by atoms with van der Waals surface area (Å²) >= 11 is 0. The fourth-order valence-electron chi connectivity index (χ4n) is 5.28. The van der Waals surface area contributed by atoms with Crippen LogP contribution in [-0.2, 0) is 21.3 Å². The first-order valence-corrected chi connectivity index (χ1v) is 8.84. The van der Waals surface area contributed by atoms with Crippen LogP contribution >= 0.6 is 0 Å². The molecule has 1 aliphatic heterocycles. The fraction of sp³-hybridized carbons (Fsp3) is 0.684. The Labute approximate surface area is 133 Å². The molecular formula is C19H27NO2. The summed E-state index contributed by atoms with van der Waals surface area (Å²) in [5, 5.41) is 0. The van der Waals surface area contributed by atoms with E-state index in [-0.39, 0.29) is 5.79 Å². The lowest BCUT2D eigenvalue weighted by atomic mass is 9.59. The lowest BCUT2D eigenvalue weighted by Gasteiger charge is -2.49. The lowest BCUT2D eigenvalue weighted by molar-refractivity contribution is -0.199. The maximum Gasteiger partial charge on any atom is 0.168 e. The minimum absolute atomic E-state index is 0.276. The normalized spacial score (nSPS) is 33.2. The maximum atomic E-state index is 6.04. The van der Waals surface area contributed by atoms with Gasteiger partial charge in [-0.2, -0.15) is 0 Å². The van der Waals surface area contributed by atoms with Crippen molar-refractivity contribution in [3.8, 4) is 0 Å². The van der Waals surface area contributed by atoms with Crippen molar-refractivity contribution in [3.63, 3.8) is 0 Å². The van der Waals surface area contributed by atoms with Crippen molar-refractivity contribution < 1.29 is 9.47 Å². The van der Waals surface area contributed by atoms with Crippen LogP contribution in [0.4, 0.5) is 5.69 Å². The summed E-state index contributed by atoms with van der Waals surface area (Å²) in [4.78, 5) is 0. The van der Waals surface area contributed by atoms with Gasteiger partial charge in [0.05, 0.1) is 13.2 Å². The summed E-state index contributed by atoms with van der Waals surface area (Å²) in [6, 6.07) is 6.61. The molecule has 1 aromatic rings. The summed E-state index contributed by atoms with van der Waals surface area (Å²) < 4.78 is 12.1. The van der Waals surface area contributed by atoms with E-state index in [1.54, 1.807) is 5.56 Å². The Hall–Kier alpha value is -1.06. The molecule has 0 unspecified atom stereocenters. The van der Waals surface area contributed by atoms with E-state index in [1.807, 2.05) is 0 Å². The molecule has 1 saturated carbocycles. The van der Waals surface area contributed by atoms with Crippen LogP contribution in [0.1, 0.15) is 56.6 Å². The average Bonchev–Trinajstić information content (AvgIpc) is 2.90. The Morgan fingerprint density at radius 3 is 2.82 bits per heavy atom. The minimum atomic E-state index is -0.276. The molecule has 0 bridgehead atoms. The van der Waals surface area contributed by atoms with E-state index < -0.39 is 0 Å². The first kappa shape index (κ1) is 14.5. The third-order valence-electron chi connectivity index (χ3n) is 6.40. The third kappa shape index (κ3) is 2.10. The Morgan fingerprint density at radius 1 is 1.23 bits per heavy atom. The molecule has 1 saturated heterocycles. The Kier molecular flexibility index (Phi) is 3.46. The SMILES string of the molecule is CC[C@]12CCC3(C[C@H]1CCCc1cc(N)ccc12)OCCO3. The molecule has 2 fully saturated rings. The van der Waals surface area contributed by atoms with Crippen LogP contribution in [0.25, 0.3) is 0 Å². The molecule has 2 aliphatic carbocycles. The van der Waals surface area contributed by atoms with E-state index in [1.165, 1.54) is 31.2 Å². The second-order valence-corrected chi connectivity index (χ2v) is 7.33. The van der Waals surface area contributed by atoms with Crippen molar-refractivity contribution in [1.29, 1.82) is 0 Å². The van der Waals surface area contributed by atoms with Crippen LogP contribution in [0.3, 0.4) is 0 Å². The van der Waals surface area contributed by atoms with Gasteiger partial charge in [0.2, 0.25) is 0 Å². The highest BCUT2D eigenvalue weighted by molar-refractivity contribution is 5.48. The fourth-order valence-corrected chi connectivity index (χ4v) is 5.28. The summed E-state index contributed by atoms with van der Waals surface area (Å²) in [6.45, 7) is 3.88. The Bertz CT molecular complexity index is 565. The molecule has 1 spiro atoms. The molecule has 3 heteroatoms. The summed E-state index contributed by atoms with van der Waals surface area (Å²) in [5.74, 6) is 0.385. The first-order valence-electron chi connectivity index (χ1n) is 8.84. The van der Waals surface area contributed by atoms with Crippen molar-refractivity contribution in [2.45, 2.75) is 63.1 Å². The quantitative estimate of drug-likeness (QED) is 0.803. The van der Waals surface area contributed by atoms with E-state index in [4.69, 9.17) is 15.2 Å². The molecule has 4 rings (SSSR count). The van der Waals surface area contributed by atoms with E-state index in [2.05, 4.69) is 25.1 Å². The number of fused-ring (bicyclic) bond motifs is 3. The molecule has 22 heavy (non-hydrogen) atoms. The van der Waals surface area contributed by atoms with Gasteiger partial charge in [0, 0.05) is 18.5 Å². The Morgan fingerprint density at radius 2 is 2.05 bits per heavy atom. The zero-order valence-corrected chi connectivity index (χ0v) is 13.6. The predicted octanol–water partition coefficient (Wildman–Crippen LogP) is 3.80. The number of nitrogen functional groups attached to an aromatic ring is 1. The first-order chi connectivity index (χ1) is 10.7. The molecule has 0 aromatic heterocycles. The van der Waals surface area contributed by atoms with Crippen LogP contribution in [0.5, 0.6) is 0 Å². The van der Waals surface area contributed by atoms with Crippen LogP contribution in [0.15, 0.2) is 18.2 Å². The van der Waals surface area contributed by atoms with Crippen LogP contribution in [0.2, 0.25) is 0 Å². The summed E-state index contributed by atoms with van der Waals surface area (Å²) in [6.07, 6.45) is 8.14. The number of aryl methyl sites for hydroxylation is 1. The topological polar surface area (TPSA) is 44.5 Å². The second-order valence-electron chi connectivity index (χ2n) is 7.33. The van der Waals surface area contributed by atoms with Crippen LogP contribution < -0.4 is 5.73 Å². The van der Waals surface area contributed by atoms with Crippen LogP contribution in [0, 0.1) is 5.92 Å². The van der Waals surface area contributed by atoms with Gasteiger partial charge in [-0.25, -0.2) is 0 Å². The van der Waals surface area contributed by atoms with Gasteiger partial charge < -0.3 is 15.2 Å². The van der Waals surface area contributed by atoms with Gasteiger partial charge in [-0.1, -0.05) is 13.0 Å². The second kappa shape index (κ2) is 5.24. The molecule has 3 nitrogen and oxygen atoms in total. The number of rotatable bonds is 1. The lowest BCUT2D eigenvalue weighted by Crippen LogP contribution is -2.48. The molecule has 1 aromatic carbocycles. The molecule has 2 atom stereocenters. The monoisotopic (exact) mass is 301 g/mol. The molecule has 0 radical (unpaired) electrons. The van der Waals surface area contributed by atoms with E-state index >= 15 is 0 Å². The number of anilines is 1. The van der Waals surface area contributed by atoms with Gasteiger partial charge in [-0.15, -0.1) is 0 Å². The summed E-state index contributed by atoms with van der Waals surface area (Å²) in [5.41, 5.74) is 10.3. The molecule has 1 heterocycles. The number of hydrogen-bond acceptors (Lipinski definition) is 3. The standard InChI is InChI=1S/C19H27NO2/c1-2-18-8-9-19(21-10-11-22-19)13-15(18)5-3-4-14-12-16(20)6-7-17(14)18/h6-7,12,15H,2-5,8-11,13,20H2,1H3/t15-,18+/m1/s1. The van der Waals surface area contributed by atoms with E-state index in [9.17, 15) is 0 Å². The zero-order chi connectivity index (χ0) is 15.2. The molecule has 120 valence electrons. The van der Waals surface area contributed by atoms with Gasteiger partial charge in [0.15, 0.2) is 5.79 Å². The van der Waals surface area contributed by atoms with Crippen molar-refractivity contribution in [3.05, 3.63) is 29.3 Å². The number of ether oxygens (including phenoxy) is 2. The zero-order valence-electron chi connectivity index (χ0n) is 13.6. The molecule has 0 amide bonds. The maximum absolute atomic E-state index is 6.04. The average molecular weight is 301 g/mol. The molecule has 2 N–H and O–H groups in total.